The third-order valence-corrected chi connectivity index (χ3v) is 7.54. The molecule has 1 N–H and O–H groups in total. The molecule has 2 aromatic rings. The van der Waals surface area contributed by atoms with E-state index >= 15 is 4.39 Å². The molecule has 0 amide bonds. The van der Waals surface area contributed by atoms with Crippen molar-refractivity contribution in [1.82, 2.24) is 4.90 Å². The van der Waals surface area contributed by atoms with Gasteiger partial charge in [0.15, 0.2) is 0 Å². The van der Waals surface area contributed by atoms with E-state index in [2.05, 4.69) is 18.7 Å². The van der Waals surface area contributed by atoms with Crippen molar-refractivity contribution in [2.45, 2.75) is 65.0 Å². The highest BCUT2D eigenvalue weighted by molar-refractivity contribution is 5.70. The van der Waals surface area contributed by atoms with Crippen molar-refractivity contribution in [1.29, 1.82) is 0 Å². The van der Waals surface area contributed by atoms with Crippen molar-refractivity contribution in [3.8, 4) is 16.9 Å². The molecule has 33 heavy (non-hydrogen) atoms. The molecule has 2 aromatic carbocycles. The Morgan fingerprint density at radius 1 is 1.03 bits per heavy atom. The van der Waals surface area contributed by atoms with E-state index in [9.17, 15) is 9.90 Å². The van der Waals surface area contributed by atoms with E-state index in [1.807, 2.05) is 42.5 Å². The molecule has 0 aromatic heterocycles. The van der Waals surface area contributed by atoms with Gasteiger partial charge in [-0.25, -0.2) is 4.39 Å². The van der Waals surface area contributed by atoms with Crippen molar-refractivity contribution < 1.29 is 19.0 Å². The lowest BCUT2D eigenvalue weighted by molar-refractivity contribution is -0.143. The zero-order valence-corrected chi connectivity index (χ0v) is 19.8. The second-order valence-corrected chi connectivity index (χ2v) is 10.1. The van der Waals surface area contributed by atoms with Crippen LogP contribution in [0.2, 0.25) is 0 Å². The van der Waals surface area contributed by atoms with E-state index in [1.165, 1.54) is 12.8 Å². The van der Waals surface area contributed by atoms with E-state index in [-0.39, 0.29) is 17.8 Å². The summed E-state index contributed by atoms with van der Waals surface area (Å²) in [6, 6.07) is 13.3. The molecule has 1 saturated heterocycles. The van der Waals surface area contributed by atoms with E-state index < -0.39 is 5.97 Å². The third-order valence-electron chi connectivity index (χ3n) is 7.54. The normalized spacial score (nSPS) is 22.4. The van der Waals surface area contributed by atoms with Crippen LogP contribution in [0.3, 0.4) is 0 Å². The van der Waals surface area contributed by atoms with Crippen LogP contribution in [-0.4, -0.2) is 35.2 Å². The standard InChI is InChI=1S/C28H36FNO3/c1-19(2)20-6-10-24(11-7-20)33-25-12-8-21(9-13-25)26-5-3-4-23(27(26)29)18-30-16-14-22(15-17-30)28(31)32/h3-5,8-9,12-13,19-20,22,24H,6-7,10-11,14-18H2,1-2H3,(H,31,32)/t20-,24-. The van der Waals surface area contributed by atoms with E-state index in [1.54, 1.807) is 0 Å². The number of hydrogen-bond acceptors (Lipinski definition) is 3. The van der Waals surface area contributed by atoms with Gasteiger partial charge in [-0.2, -0.15) is 0 Å². The molecule has 2 fully saturated rings. The number of likely N-dealkylation sites (tertiary alicyclic amines) is 1. The number of piperidine rings is 1. The number of halogens is 1. The molecule has 4 rings (SSSR count). The molecule has 2 aliphatic rings. The molecule has 1 heterocycles. The first-order chi connectivity index (χ1) is 15.9. The quantitative estimate of drug-likeness (QED) is 0.528. The molecule has 1 aliphatic carbocycles. The number of aliphatic carboxylic acids is 1. The highest BCUT2D eigenvalue weighted by Gasteiger charge is 2.26. The van der Waals surface area contributed by atoms with Crippen LogP contribution in [0.15, 0.2) is 42.5 Å². The van der Waals surface area contributed by atoms with Gasteiger partial charge in [0.2, 0.25) is 0 Å². The number of nitrogens with zero attached hydrogens (tertiary/aromatic N) is 1. The Labute approximate surface area is 196 Å². The van der Waals surface area contributed by atoms with Crippen LogP contribution in [0, 0.1) is 23.6 Å². The molecule has 4 nitrogen and oxygen atoms in total. The second kappa shape index (κ2) is 10.7. The first-order valence-electron chi connectivity index (χ1n) is 12.4. The lowest BCUT2D eigenvalue weighted by atomic mass is 9.80. The van der Waals surface area contributed by atoms with Crippen LogP contribution in [0.1, 0.15) is 57.9 Å². The lowest BCUT2D eigenvalue weighted by Gasteiger charge is -2.31. The molecule has 1 aliphatic heterocycles. The van der Waals surface area contributed by atoms with Gasteiger partial charge in [-0.1, -0.05) is 44.2 Å². The van der Waals surface area contributed by atoms with Crippen LogP contribution in [0.25, 0.3) is 11.1 Å². The average molecular weight is 454 g/mol. The summed E-state index contributed by atoms with van der Waals surface area (Å²) in [5.74, 6) is 1.21. The molecule has 1 saturated carbocycles. The number of carboxylic acid groups (broad SMARTS) is 1. The average Bonchev–Trinajstić information content (AvgIpc) is 2.82. The minimum atomic E-state index is -0.724. The van der Waals surface area contributed by atoms with Gasteiger partial charge in [-0.3, -0.25) is 9.69 Å². The highest BCUT2D eigenvalue weighted by atomic mass is 19.1. The van der Waals surface area contributed by atoms with Crippen molar-refractivity contribution in [2.75, 3.05) is 13.1 Å². The Kier molecular flexibility index (Phi) is 7.69. The van der Waals surface area contributed by atoms with E-state index in [0.717, 1.165) is 36.0 Å². The Morgan fingerprint density at radius 2 is 1.70 bits per heavy atom. The van der Waals surface area contributed by atoms with Gasteiger partial charge in [0, 0.05) is 17.7 Å². The molecular weight excluding hydrogens is 417 g/mol. The Balaban J connectivity index is 1.37. The predicted molar refractivity (Wildman–Crippen MR) is 129 cm³/mol. The maximum atomic E-state index is 15.3. The SMILES string of the molecule is CC(C)[C@H]1CC[C@H](Oc2ccc(-c3cccc(CN4CCC(C(=O)O)CC4)c3F)cc2)CC1. The van der Waals surface area contributed by atoms with Gasteiger partial charge in [-0.05, 0) is 81.1 Å². The maximum Gasteiger partial charge on any atom is 0.306 e. The van der Waals surface area contributed by atoms with Crippen molar-refractivity contribution in [3.05, 3.63) is 53.8 Å². The second-order valence-electron chi connectivity index (χ2n) is 10.1. The minimum Gasteiger partial charge on any atom is -0.490 e. The van der Waals surface area contributed by atoms with Crippen molar-refractivity contribution in [3.63, 3.8) is 0 Å². The molecule has 178 valence electrons. The Morgan fingerprint density at radius 3 is 2.30 bits per heavy atom. The van der Waals surface area contributed by atoms with Crippen LogP contribution in [0.4, 0.5) is 4.39 Å². The molecule has 0 unspecified atom stereocenters. The molecule has 5 heteroatoms. The van der Waals surface area contributed by atoms with Gasteiger partial charge in [0.25, 0.3) is 0 Å². The summed E-state index contributed by atoms with van der Waals surface area (Å²) in [6.07, 6.45) is 6.18. The lowest BCUT2D eigenvalue weighted by Crippen LogP contribution is -2.36. The first-order valence-corrected chi connectivity index (χ1v) is 12.4. The van der Waals surface area contributed by atoms with Gasteiger partial charge in [0.05, 0.1) is 12.0 Å². The molecule has 0 spiro atoms. The Bertz CT molecular complexity index is 927. The van der Waals surface area contributed by atoms with Gasteiger partial charge in [0.1, 0.15) is 11.6 Å². The maximum absolute atomic E-state index is 15.3. The molecule has 0 bridgehead atoms. The fourth-order valence-electron chi connectivity index (χ4n) is 5.28. The summed E-state index contributed by atoms with van der Waals surface area (Å²) in [6.45, 7) is 6.49. The minimum absolute atomic E-state index is 0.196. The number of benzene rings is 2. The predicted octanol–water partition coefficient (Wildman–Crippen LogP) is 6.38. The van der Waals surface area contributed by atoms with Crippen molar-refractivity contribution >= 4 is 5.97 Å². The van der Waals surface area contributed by atoms with Crippen LogP contribution < -0.4 is 4.74 Å². The number of ether oxygens (including phenoxy) is 1. The summed E-state index contributed by atoms with van der Waals surface area (Å²) in [4.78, 5) is 13.3. The highest BCUT2D eigenvalue weighted by Crippen LogP contribution is 2.33. The summed E-state index contributed by atoms with van der Waals surface area (Å²) in [5, 5.41) is 9.17. The molecular formula is C28H36FNO3. The zero-order valence-electron chi connectivity index (χ0n) is 19.8. The summed E-state index contributed by atoms with van der Waals surface area (Å²) in [7, 11) is 0. The monoisotopic (exact) mass is 453 g/mol. The number of hydrogen-bond donors (Lipinski definition) is 1. The fraction of sp³-hybridized carbons (Fsp3) is 0.536. The fourth-order valence-corrected chi connectivity index (χ4v) is 5.28. The van der Waals surface area contributed by atoms with Crippen molar-refractivity contribution in [2.24, 2.45) is 17.8 Å². The van der Waals surface area contributed by atoms with E-state index in [4.69, 9.17) is 4.74 Å². The summed E-state index contributed by atoms with van der Waals surface area (Å²) in [5.41, 5.74) is 2.09. The first kappa shape index (κ1) is 23.7. The Hall–Kier alpha value is -2.40. The van der Waals surface area contributed by atoms with Gasteiger partial charge >= 0.3 is 5.97 Å². The van der Waals surface area contributed by atoms with Crippen LogP contribution in [-0.2, 0) is 11.3 Å². The number of carboxylic acids is 1. The zero-order chi connectivity index (χ0) is 23.4. The summed E-state index contributed by atoms with van der Waals surface area (Å²) < 4.78 is 21.6. The molecule has 0 atom stereocenters. The number of carbonyl (C=O) groups is 1. The smallest absolute Gasteiger partial charge is 0.306 e. The molecule has 0 radical (unpaired) electrons. The van der Waals surface area contributed by atoms with Crippen LogP contribution in [0.5, 0.6) is 5.75 Å². The third kappa shape index (κ3) is 5.94. The topological polar surface area (TPSA) is 49.8 Å². The number of rotatable bonds is 7. The summed E-state index contributed by atoms with van der Waals surface area (Å²) >= 11 is 0. The van der Waals surface area contributed by atoms with Gasteiger partial charge in [-0.15, -0.1) is 0 Å². The van der Waals surface area contributed by atoms with E-state index in [0.29, 0.717) is 43.6 Å². The largest absolute Gasteiger partial charge is 0.490 e. The van der Waals surface area contributed by atoms with Crippen LogP contribution >= 0.6 is 0 Å². The van der Waals surface area contributed by atoms with Gasteiger partial charge < -0.3 is 9.84 Å².